The highest BCUT2D eigenvalue weighted by molar-refractivity contribution is 7.89. The van der Waals surface area contributed by atoms with Gasteiger partial charge in [0.1, 0.15) is 0 Å². The fraction of sp³-hybridized carbons (Fsp3) is 0.480. The molecule has 2 fully saturated rings. The van der Waals surface area contributed by atoms with E-state index in [9.17, 15) is 13.2 Å². The van der Waals surface area contributed by atoms with E-state index < -0.39 is 10.0 Å². The molecule has 2 aliphatic carbocycles. The summed E-state index contributed by atoms with van der Waals surface area (Å²) in [6, 6.07) is 14.5. The Kier molecular flexibility index (Phi) is 5.39. The monoisotopic (exact) mass is 438 g/mol. The van der Waals surface area contributed by atoms with Crippen molar-refractivity contribution in [2.45, 2.75) is 56.5 Å². The van der Waals surface area contributed by atoms with Crippen molar-refractivity contribution in [3.05, 3.63) is 65.2 Å². The smallest absolute Gasteiger partial charge is 0.251 e. The zero-order valence-corrected chi connectivity index (χ0v) is 18.8. The van der Waals surface area contributed by atoms with Gasteiger partial charge < -0.3 is 5.32 Å². The number of hydrogen-bond donors (Lipinski definition) is 1. The summed E-state index contributed by atoms with van der Waals surface area (Å²) in [5, 5.41) is 3.16. The van der Waals surface area contributed by atoms with Gasteiger partial charge in [-0.05, 0) is 85.8 Å². The predicted octanol–water partition coefficient (Wildman–Crippen LogP) is 3.99. The molecular formula is C25H30N2O3S. The molecule has 5 nitrogen and oxygen atoms in total. The first-order chi connectivity index (χ1) is 14.9. The fourth-order valence-electron chi connectivity index (χ4n) is 5.91. The van der Waals surface area contributed by atoms with E-state index in [1.165, 1.54) is 35.6 Å². The van der Waals surface area contributed by atoms with Gasteiger partial charge in [0.25, 0.3) is 5.91 Å². The lowest BCUT2D eigenvalue weighted by molar-refractivity contribution is 0.0915. The third kappa shape index (κ3) is 3.92. The quantitative estimate of drug-likeness (QED) is 0.768. The average Bonchev–Trinajstić information content (AvgIpc) is 3.43. The average molecular weight is 439 g/mol. The van der Waals surface area contributed by atoms with E-state index in [1.807, 2.05) is 18.2 Å². The standard InChI is InChI=1S/C25H30N2O3S/c1-17(24-15-18-6-7-21(24)14-18)26-25(28)20-8-10-23(11-9-20)31(29,30)27-13-12-19-4-2-3-5-22(19)16-27/h2-5,8-11,17-18,21,24H,6-7,12-16H2,1H3,(H,26,28)/t17-,18-,21-,24-/m0/s1. The summed E-state index contributed by atoms with van der Waals surface area (Å²) in [5.41, 5.74) is 2.78. The lowest BCUT2D eigenvalue weighted by Crippen LogP contribution is -2.40. The van der Waals surface area contributed by atoms with Gasteiger partial charge in [-0.2, -0.15) is 4.31 Å². The molecule has 2 saturated carbocycles. The Morgan fingerprint density at radius 1 is 1.03 bits per heavy atom. The zero-order chi connectivity index (χ0) is 21.6. The van der Waals surface area contributed by atoms with Crippen LogP contribution in [0.1, 0.15) is 54.1 Å². The van der Waals surface area contributed by atoms with Gasteiger partial charge in [-0.15, -0.1) is 0 Å². The van der Waals surface area contributed by atoms with Crippen LogP contribution in [-0.2, 0) is 23.0 Å². The molecule has 3 aliphatic rings. The molecule has 1 aliphatic heterocycles. The highest BCUT2D eigenvalue weighted by Crippen LogP contribution is 2.49. The molecule has 2 bridgehead atoms. The molecule has 6 heteroatoms. The Balaban J connectivity index is 1.25. The summed E-state index contributed by atoms with van der Waals surface area (Å²) in [7, 11) is -3.59. The number of sulfonamides is 1. The van der Waals surface area contributed by atoms with Crippen molar-refractivity contribution < 1.29 is 13.2 Å². The van der Waals surface area contributed by atoms with Crippen molar-refractivity contribution in [2.24, 2.45) is 17.8 Å². The summed E-state index contributed by atoms with van der Waals surface area (Å²) >= 11 is 0. The Morgan fingerprint density at radius 3 is 2.45 bits per heavy atom. The second-order valence-corrected chi connectivity index (χ2v) is 11.4. The number of nitrogens with one attached hydrogen (secondary N) is 1. The Labute approximate surface area is 184 Å². The summed E-state index contributed by atoms with van der Waals surface area (Å²) in [6.07, 6.45) is 5.90. The van der Waals surface area contributed by atoms with Crippen LogP contribution in [0.4, 0.5) is 0 Å². The van der Waals surface area contributed by atoms with Crippen LogP contribution in [0.25, 0.3) is 0 Å². The molecule has 0 saturated heterocycles. The molecule has 0 unspecified atom stereocenters. The van der Waals surface area contributed by atoms with E-state index in [0.717, 1.165) is 23.8 Å². The SMILES string of the molecule is C[C@H](NC(=O)c1ccc(S(=O)(=O)N2CCc3ccccc3C2)cc1)[C@@H]1C[C@H]2CC[C@H]1C2. The van der Waals surface area contributed by atoms with Crippen LogP contribution in [0.2, 0.25) is 0 Å². The van der Waals surface area contributed by atoms with Gasteiger partial charge in [0.2, 0.25) is 10.0 Å². The molecule has 5 rings (SSSR count). The van der Waals surface area contributed by atoms with Gasteiger partial charge in [-0.25, -0.2) is 8.42 Å². The first-order valence-corrected chi connectivity index (χ1v) is 12.8. The number of nitrogens with zero attached hydrogens (tertiary/aromatic N) is 1. The van der Waals surface area contributed by atoms with Crippen molar-refractivity contribution in [3.8, 4) is 0 Å². The molecular weight excluding hydrogens is 408 g/mol. The summed E-state index contributed by atoms with van der Waals surface area (Å²) in [5.74, 6) is 2.05. The fourth-order valence-corrected chi connectivity index (χ4v) is 7.32. The molecule has 2 aromatic rings. The Morgan fingerprint density at radius 2 is 1.77 bits per heavy atom. The second-order valence-electron chi connectivity index (χ2n) is 9.48. The highest BCUT2D eigenvalue weighted by atomic mass is 32.2. The van der Waals surface area contributed by atoms with Gasteiger partial charge in [0.15, 0.2) is 0 Å². The number of carbonyl (C=O) groups is 1. The highest BCUT2D eigenvalue weighted by Gasteiger charge is 2.42. The van der Waals surface area contributed by atoms with Gasteiger partial charge in [-0.3, -0.25) is 4.79 Å². The molecule has 31 heavy (non-hydrogen) atoms. The van der Waals surface area contributed by atoms with Crippen LogP contribution in [0, 0.1) is 17.8 Å². The molecule has 164 valence electrons. The van der Waals surface area contributed by atoms with Crippen LogP contribution in [0.15, 0.2) is 53.4 Å². The van der Waals surface area contributed by atoms with E-state index in [2.05, 4.69) is 18.3 Å². The summed E-state index contributed by atoms with van der Waals surface area (Å²) in [4.78, 5) is 13.0. The van der Waals surface area contributed by atoms with Gasteiger partial charge in [0, 0.05) is 24.7 Å². The minimum Gasteiger partial charge on any atom is -0.349 e. The first kappa shape index (κ1) is 20.7. The maximum Gasteiger partial charge on any atom is 0.251 e. The molecule has 4 atom stereocenters. The third-order valence-corrected chi connectivity index (χ3v) is 9.50. The van der Waals surface area contributed by atoms with Crippen molar-refractivity contribution in [1.82, 2.24) is 9.62 Å². The van der Waals surface area contributed by atoms with Crippen molar-refractivity contribution in [2.75, 3.05) is 6.54 Å². The molecule has 1 heterocycles. The minimum absolute atomic E-state index is 0.119. The van der Waals surface area contributed by atoms with Crippen LogP contribution in [0.5, 0.6) is 0 Å². The van der Waals surface area contributed by atoms with Gasteiger partial charge in [0.05, 0.1) is 4.90 Å². The zero-order valence-electron chi connectivity index (χ0n) is 18.0. The maximum absolute atomic E-state index is 13.1. The lowest BCUT2D eigenvalue weighted by atomic mass is 9.84. The van der Waals surface area contributed by atoms with E-state index in [0.29, 0.717) is 24.6 Å². The van der Waals surface area contributed by atoms with E-state index in [1.54, 1.807) is 24.3 Å². The van der Waals surface area contributed by atoms with E-state index >= 15 is 0 Å². The molecule has 1 N–H and O–H groups in total. The van der Waals surface area contributed by atoms with E-state index in [-0.39, 0.29) is 16.8 Å². The third-order valence-electron chi connectivity index (χ3n) is 7.64. The number of benzene rings is 2. The molecule has 0 aromatic heterocycles. The number of hydrogen-bond acceptors (Lipinski definition) is 3. The lowest BCUT2D eigenvalue weighted by Gasteiger charge is -2.29. The predicted molar refractivity (Wildman–Crippen MR) is 120 cm³/mol. The first-order valence-electron chi connectivity index (χ1n) is 11.4. The van der Waals surface area contributed by atoms with Gasteiger partial charge >= 0.3 is 0 Å². The number of carbonyl (C=O) groups excluding carboxylic acids is 1. The Bertz CT molecular complexity index is 1080. The topological polar surface area (TPSA) is 66.5 Å². The van der Waals surface area contributed by atoms with Crippen molar-refractivity contribution in [3.63, 3.8) is 0 Å². The minimum atomic E-state index is -3.59. The van der Waals surface area contributed by atoms with Crippen LogP contribution in [-0.4, -0.2) is 31.2 Å². The Hall–Kier alpha value is -2.18. The normalized spacial score (nSPS) is 26.4. The van der Waals surface area contributed by atoms with Crippen LogP contribution < -0.4 is 5.32 Å². The van der Waals surface area contributed by atoms with Gasteiger partial charge in [-0.1, -0.05) is 30.7 Å². The number of fused-ring (bicyclic) bond motifs is 3. The molecule has 2 aromatic carbocycles. The van der Waals surface area contributed by atoms with Crippen molar-refractivity contribution >= 4 is 15.9 Å². The van der Waals surface area contributed by atoms with Crippen molar-refractivity contribution in [1.29, 1.82) is 0 Å². The molecule has 0 spiro atoms. The van der Waals surface area contributed by atoms with Crippen LogP contribution in [0.3, 0.4) is 0 Å². The largest absolute Gasteiger partial charge is 0.349 e. The molecule has 0 radical (unpaired) electrons. The number of amides is 1. The summed E-state index contributed by atoms with van der Waals surface area (Å²) in [6.45, 7) is 2.97. The van der Waals surface area contributed by atoms with E-state index in [4.69, 9.17) is 0 Å². The maximum atomic E-state index is 13.1. The number of rotatable bonds is 5. The summed E-state index contributed by atoms with van der Waals surface area (Å²) < 4.78 is 27.8. The second kappa shape index (κ2) is 8.06. The molecule has 1 amide bonds. The van der Waals surface area contributed by atoms with Crippen LogP contribution >= 0.6 is 0 Å².